The lowest BCUT2D eigenvalue weighted by molar-refractivity contribution is -0.123. The number of nitrogens with zero attached hydrogens (tertiary/aromatic N) is 2. The van der Waals surface area contributed by atoms with E-state index >= 15 is 0 Å². The van der Waals surface area contributed by atoms with Crippen LogP contribution in [0.3, 0.4) is 0 Å². The number of hydrogen-bond donors (Lipinski definition) is 1. The van der Waals surface area contributed by atoms with Gasteiger partial charge in [0.2, 0.25) is 5.91 Å². The molecule has 3 heterocycles. The first-order valence-corrected chi connectivity index (χ1v) is 9.25. The molecule has 136 valence electrons. The predicted octanol–water partition coefficient (Wildman–Crippen LogP) is 3.79. The van der Waals surface area contributed by atoms with Crippen LogP contribution in [0.25, 0.3) is 11.0 Å². The Morgan fingerprint density at radius 3 is 2.92 bits per heavy atom. The van der Waals surface area contributed by atoms with Gasteiger partial charge in [-0.2, -0.15) is 0 Å². The number of fused-ring (bicyclic) bond motifs is 1. The first-order chi connectivity index (χ1) is 12.6. The molecule has 0 radical (unpaired) electrons. The van der Waals surface area contributed by atoms with Crippen LogP contribution in [0, 0.1) is 0 Å². The van der Waals surface area contributed by atoms with E-state index < -0.39 is 0 Å². The third-order valence-electron chi connectivity index (χ3n) is 5.28. The molecule has 0 spiro atoms. The van der Waals surface area contributed by atoms with Gasteiger partial charge in [-0.25, -0.2) is 0 Å². The number of aryl methyl sites for hydroxylation is 1. The molecule has 1 aliphatic heterocycles. The molecule has 1 saturated heterocycles. The maximum Gasteiger partial charge on any atom is 0.234 e. The number of hydrogen-bond acceptors (Lipinski definition) is 3. The van der Waals surface area contributed by atoms with E-state index in [0.717, 1.165) is 36.1 Å². The highest BCUT2D eigenvalue weighted by Gasteiger charge is 2.29. The number of nitrogens with one attached hydrogen (secondary N) is 1. The quantitative estimate of drug-likeness (QED) is 0.761. The van der Waals surface area contributed by atoms with Gasteiger partial charge in [0, 0.05) is 24.3 Å². The van der Waals surface area contributed by atoms with Gasteiger partial charge >= 0.3 is 0 Å². The molecule has 1 N–H and O–H groups in total. The van der Waals surface area contributed by atoms with Crippen LogP contribution in [-0.2, 0) is 11.8 Å². The molecule has 4 rings (SSSR count). The molecule has 2 unspecified atom stereocenters. The van der Waals surface area contributed by atoms with Crippen molar-refractivity contribution < 1.29 is 9.21 Å². The zero-order valence-electron chi connectivity index (χ0n) is 15.3. The highest BCUT2D eigenvalue weighted by Crippen LogP contribution is 2.31. The summed E-state index contributed by atoms with van der Waals surface area (Å²) in [7, 11) is 2.07. The third-order valence-corrected chi connectivity index (χ3v) is 5.28. The topological polar surface area (TPSA) is 50.4 Å². The van der Waals surface area contributed by atoms with Crippen molar-refractivity contribution >= 4 is 16.9 Å². The van der Waals surface area contributed by atoms with Crippen molar-refractivity contribution in [2.24, 2.45) is 7.05 Å². The summed E-state index contributed by atoms with van der Waals surface area (Å²) in [6, 6.07) is 14.3. The second-order valence-electron chi connectivity index (χ2n) is 7.15. The van der Waals surface area contributed by atoms with E-state index in [0.29, 0.717) is 12.6 Å². The maximum absolute atomic E-state index is 12.6. The lowest BCUT2D eigenvalue weighted by Gasteiger charge is -2.25. The molecule has 0 bridgehead atoms. The smallest absolute Gasteiger partial charge is 0.234 e. The Bertz CT molecular complexity index is 878. The molecule has 2 aromatic heterocycles. The average Bonchev–Trinajstić information content (AvgIpc) is 3.33. The van der Waals surface area contributed by atoms with Gasteiger partial charge in [0.05, 0.1) is 18.6 Å². The summed E-state index contributed by atoms with van der Waals surface area (Å²) in [5.74, 6) is 0.832. The van der Waals surface area contributed by atoms with Gasteiger partial charge in [-0.15, -0.1) is 0 Å². The zero-order valence-corrected chi connectivity index (χ0v) is 15.3. The van der Waals surface area contributed by atoms with E-state index in [4.69, 9.17) is 4.42 Å². The van der Waals surface area contributed by atoms with Crippen LogP contribution in [0.4, 0.5) is 0 Å². The van der Waals surface area contributed by atoms with E-state index in [1.165, 1.54) is 5.69 Å². The Labute approximate surface area is 153 Å². The highest BCUT2D eigenvalue weighted by atomic mass is 16.3. The first kappa shape index (κ1) is 16.9. The minimum absolute atomic E-state index is 0.0408. The Morgan fingerprint density at radius 1 is 1.31 bits per heavy atom. The van der Waals surface area contributed by atoms with E-state index in [1.54, 1.807) is 0 Å². The predicted molar refractivity (Wildman–Crippen MR) is 102 cm³/mol. The Morgan fingerprint density at radius 2 is 2.15 bits per heavy atom. The average molecular weight is 351 g/mol. The number of para-hydroxylation sites is 1. The molecule has 2 atom stereocenters. The van der Waals surface area contributed by atoms with Crippen LogP contribution in [0.5, 0.6) is 0 Å². The minimum atomic E-state index is -0.147. The molecule has 5 heteroatoms. The number of likely N-dealkylation sites (tertiary alicyclic amines) is 1. The largest absolute Gasteiger partial charge is 0.459 e. The van der Waals surface area contributed by atoms with Crippen molar-refractivity contribution in [2.75, 3.05) is 13.1 Å². The Hall–Kier alpha value is -2.53. The van der Waals surface area contributed by atoms with E-state index in [9.17, 15) is 4.79 Å². The fraction of sp³-hybridized carbons (Fsp3) is 0.381. The van der Waals surface area contributed by atoms with Gasteiger partial charge in [-0.05, 0) is 50.6 Å². The molecular weight excluding hydrogens is 326 g/mol. The van der Waals surface area contributed by atoms with Crippen LogP contribution in [-0.4, -0.2) is 28.5 Å². The van der Waals surface area contributed by atoms with Crippen LogP contribution in [0.1, 0.15) is 43.3 Å². The summed E-state index contributed by atoms with van der Waals surface area (Å²) >= 11 is 0. The number of aromatic nitrogens is 1. The number of carbonyl (C=O) groups is 1. The molecule has 1 fully saturated rings. The number of rotatable bonds is 5. The summed E-state index contributed by atoms with van der Waals surface area (Å²) in [6.45, 7) is 3.34. The number of carbonyl (C=O) groups excluding carboxylic acids is 1. The summed E-state index contributed by atoms with van der Waals surface area (Å²) in [5.41, 5.74) is 2.13. The number of benzene rings is 1. The van der Waals surface area contributed by atoms with Gasteiger partial charge < -0.3 is 14.3 Å². The van der Waals surface area contributed by atoms with Crippen LogP contribution in [0.15, 0.2) is 53.1 Å². The molecule has 0 aliphatic carbocycles. The van der Waals surface area contributed by atoms with Crippen molar-refractivity contribution in [3.63, 3.8) is 0 Å². The molecule has 3 aromatic rings. The van der Waals surface area contributed by atoms with Crippen LogP contribution in [0.2, 0.25) is 0 Å². The molecule has 26 heavy (non-hydrogen) atoms. The van der Waals surface area contributed by atoms with Gasteiger partial charge in [0.25, 0.3) is 0 Å². The Kier molecular flexibility index (Phi) is 4.55. The molecule has 1 amide bonds. The number of furan rings is 1. The molecule has 1 aliphatic rings. The standard InChI is InChI=1S/C21H25N3O2/c1-15(20-13-16-7-3-4-10-19(16)26-20)22-21(25)14-24-12-6-9-18(24)17-8-5-11-23(17)2/h3-5,7-8,10-11,13,15,18H,6,9,12,14H2,1-2H3,(H,22,25). The monoisotopic (exact) mass is 351 g/mol. The fourth-order valence-electron chi connectivity index (χ4n) is 3.93. The normalized spacial score (nSPS) is 19.1. The first-order valence-electron chi connectivity index (χ1n) is 9.25. The summed E-state index contributed by atoms with van der Waals surface area (Å²) in [6.07, 6.45) is 4.29. The highest BCUT2D eigenvalue weighted by molar-refractivity contribution is 5.80. The Balaban J connectivity index is 1.40. The molecule has 1 aromatic carbocycles. The summed E-state index contributed by atoms with van der Waals surface area (Å²) in [4.78, 5) is 14.9. The van der Waals surface area contributed by atoms with E-state index in [-0.39, 0.29) is 11.9 Å². The van der Waals surface area contributed by atoms with Crippen molar-refractivity contribution in [1.82, 2.24) is 14.8 Å². The van der Waals surface area contributed by atoms with Crippen molar-refractivity contribution in [1.29, 1.82) is 0 Å². The van der Waals surface area contributed by atoms with Crippen LogP contribution < -0.4 is 5.32 Å². The minimum Gasteiger partial charge on any atom is -0.459 e. The van der Waals surface area contributed by atoms with Crippen molar-refractivity contribution in [3.05, 3.63) is 60.1 Å². The fourth-order valence-corrected chi connectivity index (χ4v) is 3.93. The van der Waals surface area contributed by atoms with Gasteiger partial charge in [0.1, 0.15) is 11.3 Å². The SMILES string of the molecule is CC(NC(=O)CN1CCCC1c1cccn1C)c1cc2ccccc2o1. The van der Waals surface area contributed by atoms with Crippen LogP contribution >= 0.6 is 0 Å². The van der Waals surface area contributed by atoms with Crippen molar-refractivity contribution in [2.45, 2.75) is 31.8 Å². The second-order valence-corrected chi connectivity index (χ2v) is 7.15. The summed E-state index contributed by atoms with van der Waals surface area (Å²) < 4.78 is 8.02. The molecule has 5 nitrogen and oxygen atoms in total. The van der Waals surface area contributed by atoms with Gasteiger partial charge in [-0.1, -0.05) is 18.2 Å². The van der Waals surface area contributed by atoms with Crippen molar-refractivity contribution in [3.8, 4) is 0 Å². The van der Waals surface area contributed by atoms with Gasteiger partial charge in [0.15, 0.2) is 0 Å². The third kappa shape index (κ3) is 3.27. The molecular formula is C21H25N3O2. The lowest BCUT2D eigenvalue weighted by atomic mass is 10.1. The summed E-state index contributed by atoms with van der Waals surface area (Å²) in [5, 5.41) is 4.15. The second kappa shape index (κ2) is 7.00. The number of amides is 1. The van der Waals surface area contributed by atoms with E-state index in [1.807, 2.05) is 37.3 Å². The van der Waals surface area contributed by atoms with Gasteiger partial charge in [-0.3, -0.25) is 9.69 Å². The lowest BCUT2D eigenvalue weighted by Crippen LogP contribution is -2.38. The zero-order chi connectivity index (χ0) is 18.1. The maximum atomic E-state index is 12.6. The molecule has 0 saturated carbocycles. The van der Waals surface area contributed by atoms with E-state index in [2.05, 4.69) is 40.2 Å².